The highest BCUT2D eigenvalue weighted by Crippen LogP contribution is 2.24. The molecule has 0 atom stereocenters. The smallest absolute Gasteiger partial charge is 0.248 e. The zero-order valence-corrected chi connectivity index (χ0v) is 9.97. The molecule has 88 valence electrons. The lowest BCUT2D eigenvalue weighted by molar-refractivity contribution is 1.27. The Morgan fingerprint density at radius 3 is 2.56 bits per heavy atom. The number of aryl methyl sites for hydroxylation is 1. The third kappa shape index (κ3) is 1.80. The maximum atomic E-state index is 11.3. The fraction of sp³-hybridized carbons (Fsp3) is 0.0667. The zero-order chi connectivity index (χ0) is 12.5. The molecule has 3 nitrogen and oxygen atoms in total. The van der Waals surface area contributed by atoms with E-state index in [0.717, 1.165) is 22.2 Å². The summed E-state index contributed by atoms with van der Waals surface area (Å²) in [4.78, 5) is 18.5. The van der Waals surface area contributed by atoms with Crippen molar-refractivity contribution < 1.29 is 0 Å². The number of nitrogens with zero attached hydrogens (tertiary/aromatic N) is 1. The molecule has 3 rings (SSSR count). The van der Waals surface area contributed by atoms with Gasteiger partial charge >= 0.3 is 0 Å². The summed E-state index contributed by atoms with van der Waals surface area (Å²) in [6.07, 6.45) is 1.72. The maximum absolute atomic E-state index is 11.3. The molecule has 1 aromatic carbocycles. The SMILES string of the molecule is Cc1ccc(-c2nccc3[nH]c(=O)ccc23)cc1. The maximum Gasteiger partial charge on any atom is 0.248 e. The number of hydrogen-bond acceptors (Lipinski definition) is 2. The van der Waals surface area contributed by atoms with Crippen molar-refractivity contribution in [3.05, 3.63) is 64.6 Å². The van der Waals surface area contributed by atoms with E-state index in [9.17, 15) is 4.79 Å². The second-order valence-electron chi connectivity index (χ2n) is 4.31. The lowest BCUT2D eigenvalue weighted by Gasteiger charge is -2.05. The molecule has 0 aliphatic heterocycles. The van der Waals surface area contributed by atoms with Gasteiger partial charge in [-0.2, -0.15) is 0 Å². The number of aromatic nitrogens is 2. The van der Waals surface area contributed by atoms with Crippen LogP contribution < -0.4 is 5.56 Å². The highest BCUT2D eigenvalue weighted by Gasteiger charge is 2.05. The quantitative estimate of drug-likeness (QED) is 0.706. The second-order valence-corrected chi connectivity index (χ2v) is 4.31. The summed E-state index contributed by atoms with van der Waals surface area (Å²) in [5.41, 5.74) is 3.88. The van der Waals surface area contributed by atoms with E-state index in [4.69, 9.17) is 0 Å². The van der Waals surface area contributed by atoms with Crippen LogP contribution in [0.25, 0.3) is 22.2 Å². The van der Waals surface area contributed by atoms with Crippen LogP contribution >= 0.6 is 0 Å². The van der Waals surface area contributed by atoms with Gasteiger partial charge in [0.2, 0.25) is 5.56 Å². The molecule has 0 saturated heterocycles. The first-order valence-electron chi connectivity index (χ1n) is 5.79. The molecule has 3 heteroatoms. The van der Waals surface area contributed by atoms with Crippen LogP contribution in [0.4, 0.5) is 0 Å². The van der Waals surface area contributed by atoms with Gasteiger partial charge in [0.1, 0.15) is 0 Å². The van der Waals surface area contributed by atoms with E-state index in [-0.39, 0.29) is 5.56 Å². The van der Waals surface area contributed by atoms with Crippen LogP contribution in [0.5, 0.6) is 0 Å². The summed E-state index contributed by atoms with van der Waals surface area (Å²) in [6.45, 7) is 2.05. The van der Waals surface area contributed by atoms with E-state index in [1.165, 1.54) is 11.6 Å². The molecule has 0 aliphatic carbocycles. The van der Waals surface area contributed by atoms with E-state index in [1.807, 2.05) is 24.3 Å². The molecule has 0 bridgehead atoms. The van der Waals surface area contributed by atoms with Gasteiger partial charge in [-0.25, -0.2) is 0 Å². The molecule has 18 heavy (non-hydrogen) atoms. The van der Waals surface area contributed by atoms with E-state index in [1.54, 1.807) is 6.20 Å². The third-order valence-corrected chi connectivity index (χ3v) is 2.97. The van der Waals surface area contributed by atoms with Crippen molar-refractivity contribution >= 4 is 10.9 Å². The number of H-pyrrole nitrogens is 1. The summed E-state index contributed by atoms with van der Waals surface area (Å²) in [7, 11) is 0. The van der Waals surface area contributed by atoms with Crippen LogP contribution in [-0.2, 0) is 0 Å². The molecule has 0 spiro atoms. The Bertz CT molecular complexity index is 757. The van der Waals surface area contributed by atoms with Crippen molar-refractivity contribution in [2.24, 2.45) is 0 Å². The molecule has 0 saturated carbocycles. The summed E-state index contributed by atoms with van der Waals surface area (Å²) < 4.78 is 0. The van der Waals surface area contributed by atoms with Crippen molar-refractivity contribution in [3.63, 3.8) is 0 Å². The van der Waals surface area contributed by atoms with Gasteiger partial charge in [0.05, 0.1) is 11.2 Å². The van der Waals surface area contributed by atoms with Crippen molar-refractivity contribution in [3.8, 4) is 11.3 Å². The highest BCUT2D eigenvalue weighted by molar-refractivity contribution is 5.91. The minimum absolute atomic E-state index is 0.0939. The minimum atomic E-state index is -0.0939. The van der Waals surface area contributed by atoms with Crippen molar-refractivity contribution in [1.29, 1.82) is 0 Å². The fourth-order valence-electron chi connectivity index (χ4n) is 2.03. The van der Waals surface area contributed by atoms with E-state index in [0.29, 0.717) is 0 Å². The van der Waals surface area contributed by atoms with Crippen LogP contribution in [-0.4, -0.2) is 9.97 Å². The van der Waals surface area contributed by atoms with Gasteiger partial charge in [-0.1, -0.05) is 29.8 Å². The average Bonchev–Trinajstić information content (AvgIpc) is 2.38. The van der Waals surface area contributed by atoms with E-state index >= 15 is 0 Å². The van der Waals surface area contributed by atoms with Crippen molar-refractivity contribution in [2.45, 2.75) is 6.92 Å². The monoisotopic (exact) mass is 236 g/mol. The van der Waals surface area contributed by atoms with Crippen molar-refractivity contribution in [1.82, 2.24) is 9.97 Å². The third-order valence-electron chi connectivity index (χ3n) is 2.97. The van der Waals surface area contributed by atoms with Crippen LogP contribution in [0, 0.1) is 6.92 Å². The summed E-state index contributed by atoms with van der Waals surface area (Å²) in [6, 6.07) is 13.4. The number of rotatable bonds is 1. The molecule has 2 aromatic heterocycles. The van der Waals surface area contributed by atoms with Crippen LogP contribution in [0.1, 0.15) is 5.56 Å². The Hall–Kier alpha value is -2.42. The normalized spacial score (nSPS) is 10.7. The number of nitrogens with one attached hydrogen (secondary N) is 1. The Labute approximate surface area is 104 Å². The first-order chi connectivity index (χ1) is 8.74. The van der Waals surface area contributed by atoms with Crippen molar-refractivity contribution in [2.75, 3.05) is 0 Å². The first-order valence-corrected chi connectivity index (χ1v) is 5.79. The van der Waals surface area contributed by atoms with Gasteiger partial charge in [0.15, 0.2) is 0 Å². The molecular formula is C15H12N2O. The van der Waals surface area contributed by atoms with E-state index in [2.05, 4.69) is 29.0 Å². The summed E-state index contributed by atoms with van der Waals surface area (Å²) >= 11 is 0. The molecule has 0 amide bonds. The van der Waals surface area contributed by atoms with Gasteiger partial charge in [-0.15, -0.1) is 0 Å². The lowest BCUT2D eigenvalue weighted by atomic mass is 10.1. The van der Waals surface area contributed by atoms with Gasteiger partial charge in [-0.3, -0.25) is 9.78 Å². The molecule has 3 aromatic rings. The van der Waals surface area contributed by atoms with Gasteiger partial charge in [0, 0.05) is 23.2 Å². The standard InChI is InChI=1S/C15H12N2O/c1-10-2-4-11(5-3-10)15-12-6-7-14(18)17-13(12)8-9-16-15/h2-9H,1H3,(H,17,18). The number of fused-ring (bicyclic) bond motifs is 1. The topological polar surface area (TPSA) is 45.8 Å². The van der Waals surface area contributed by atoms with Crippen LogP contribution in [0.2, 0.25) is 0 Å². The van der Waals surface area contributed by atoms with E-state index < -0.39 is 0 Å². The lowest BCUT2D eigenvalue weighted by Crippen LogP contribution is -2.03. The average molecular weight is 236 g/mol. The molecule has 1 N–H and O–H groups in total. The Morgan fingerprint density at radius 2 is 1.78 bits per heavy atom. The largest absolute Gasteiger partial charge is 0.322 e. The molecular weight excluding hydrogens is 224 g/mol. The molecule has 0 radical (unpaired) electrons. The number of pyridine rings is 2. The highest BCUT2D eigenvalue weighted by atomic mass is 16.1. The molecule has 0 unspecified atom stereocenters. The number of hydrogen-bond donors (Lipinski definition) is 1. The Morgan fingerprint density at radius 1 is 1.00 bits per heavy atom. The predicted octanol–water partition coefficient (Wildman–Crippen LogP) is 2.90. The van der Waals surface area contributed by atoms with Gasteiger partial charge in [0.25, 0.3) is 0 Å². The Kier molecular flexibility index (Phi) is 2.45. The number of aromatic amines is 1. The first kappa shape index (κ1) is 10.7. The van der Waals surface area contributed by atoms with Gasteiger partial charge < -0.3 is 4.98 Å². The summed E-state index contributed by atoms with van der Waals surface area (Å²) in [5, 5.41) is 0.959. The fourth-order valence-corrected chi connectivity index (χ4v) is 2.03. The molecule has 0 aliphatic rings. The summed E-state index contributed by atoms with van der Waals surface area (Å²) in [5.74, 6) is 0. The zero-order valence-electron chi connectivity index (χ0n) is 9.97. The van der Waals surface area contributed by atoms with Crippen LogP contribution in [0.3, 0.4) is 0 Å². The second kappa shape index (κ2) is 4.11. The molecule has 2 heterocycles. The Balaban J connectivity index is 2.29. The van der Waals surface area contributed by atoms with Gasteiger partial charge in [-0.05, 0) is 19.1 Å². The number of benzene rings is 1. The van der Waals surface area contributed by atoms with Crippen LogP contribution in [0.15, 0.2) is 53.5 Å². The predicted molar refractivity (Wildman–Crippen MR) is 72.5 cm³/mol. The minimum Gasteiger partial charge on any atom is -0.322 e. The molecule has 0 fully saturated rings.